The molecule has 2 aromatic carbocycles. The number of ether oxygens (including phenoxy) is 1. The third-order valence-corrected chi connectivity index (χ3v) is 5.74. The third kappa shape index (κ3) is 5.70. The van der Waals surface area contributed by atoms with Crippen LogP contribution in [0.15, 0.2) is 65.7 Å². The number of alkyl halides is 3. The number of nitrogens with zero attached hydrogens (tertiary/aromatic N) is 2. The molecule has 1 heterocycles. The highest BCUT2D eigenvalue weighted by molar-refractivity contribution is 7.87. The molecule has 0 spiro atoms. The third-order valence-electron chi connectivity index (χ3n) is 4.50. The van der Waals surface area contributed by atoms with E-state index in [1.165, 1.54) is 43.5 Å². The molecular weight excluding hydrogens is 457 g/mol. The summed E-state index contributed by atoms with van der Waals surface area (Å²) < 4.78 is 73.7. The van der Waals surface area contributed by atoms with Crippen LogP contribution in [0.5, 0.6) is 11.5 Å². The van der Waals surface area contributed by atoms with Gasteiger partial charge >= 0.3 is 16.3 Å². The van der Waals surface area contributed by atoms with Crippen molar-refractivity contribution in [2.75, 3.05) is 7.11 Å². The predicted octanol–water partition coefficient (Wildman–Crippen LogP) is 5.25. The largest absolute Gasteiger partial charge is 0.493 e. The van der Waals surface area contributed by atoms with Gasteiger partial charge in [-0.15, -0.1) is 0 Å². The van der Waals surface area contributed by atoms with E-state index in [1.807, 2.05) is 13.0 Å². The van der Waals surface area contributed by atoms with Crippen LogP contribution in [0, 0.1) is 18.3 Å². The summed E-state index contributed by atoms with van der Waals surface area (Å²) in [5.74, 6) is 0.0125. The normalized spacial score (nSPS) is 12.2. The maximum absolute atomic E-state index is 12.7. The fourth-order valence-corrected chi connectivity index (χ4v) is 3.70. The van der Waals surface area contributed by atoms with Crippen molar-refractivity contribution in [1.29, 1.82) is 5.26 Å². The van der Waals surface area contributed by atoms with Crippen LogP contribution in [-0.4, -0.2) is 20.5 Å². The van der Waals surface area contributed by atoms with E-state index in [0.717, 1.165) is 17.7 Å². The monoisotopic (exact) mass is 474 g/mol. The van der Waals surface area contributed by atoms with Gasteiger partial charge in [0.15, 0.2) is 11.5 Å². The van der Waals surface area contributed by atoms with Crippen molar-refractivity contribution in [2.45, 2.75) is 18.0 Å². The first kappa shape index (κ1) is 23.8. The molecular formula is C23H17F3N2O4S. The molecule has 0 saturated carbocycles. The molecule has 6 nitrogen and oxygen atoms in total. The highest BCUT2D eigenvalue weighted by Gasteiger charge is 2.30. The Bertz CT molecular complexity index is 1330. The van der Waals surface area contributed by atoms with Gasteiger partial charge in [0.05, 0.1) is 23.9 Å². The Kier molecular flexibility index (Phi) is 6.74. The molecule has 0 saturated heterocycles. The van der Waals surface area contributed by atoms with Crippen LogP contribution >= 0.6 is 0 Å². The summed E-state index contributed by atoms with van der Waals surface area (Å²) in [5.41, 5.74) is 0.434. The van der Waals surface area contributed by atoms with Crippen molar-refractivity contribution < 1.29 is 30.5 Å². The number of rotatable bonds is 6. The van der Waals surface area contributed by atoms with Crippen LogP contribution in [0.1, 0.15) is 22.4 Å². The number of nitriles is 1. The number of halogens is 3. The van der Waals surface area contributed by atoms with E-state index in [9.17, 15) is 26.9 Å². The summed E-state index contributed by atoms with van der Waals surface area (Å²) >= 11 is 0. The number of aromatic nitrogens is 1. The number of hydrogen-bond donors (Lipinski definition) is 0. The quantitative estimate of drug-likeness (QED) is 0.358. The molecule has 0 unspecified atom stereocenters. The average Bonchev–Trinajstić information content (AvgIpc) is 2.78. The Balaban J connectivity index is 1.90. The number of pyridine rings is 1. The lowest BCUT2D eigenvalue weighted by Crippen LogP contribution is -2.10. The molecule has 1 aromatic heterocycles. The average molecular weight is 474 g/mol. The molecule has 0 aliphatic carbocycles. The summed E-state index contributed by atoms with van der Waals surface area (Å²) in [6, 6.07) is 14.2. The Morgan fingerprint density at radius 1 is 1.06 bits per heavy atom. The molecule has 0 N–H and O–H groups in total. The van der Waals surface area contributed by atoms with Crippen LogP contribution in [0.25, 0.3) is 11.6 Å². The standard InChI is InChI=1S/C23H17F3N2O4S/c1-15-3-7-19(8-4-15)33(29,30)32-21-10-5-16(12-22(21)31-2)11-17(13-27)20-9-6-18(14-28-20)23(24,25)26/h3-12,14H,1-2H3/b17-11+. The molecule has 0 amide bonds. The molecule has 170 valence electrons. The SMILES string of the molecule is COc1cc(/C=C(\C#N)c2ccc(C(F)(F)F)cn2)ccc1OS(=O)(=O)c1ccc(C)cc1. The second-order valence-corrected chi connectivity index (χ2v) is 8.41. The van der Waals surface area contributed by atoms with E-state index in [4.69, 9.17) is 8.92 Å². The highest BCUT2D eigenvalue weighted by Crippen LogP contribution is 2.33. The fraction of sp³-hybridized carbons (Fsp3) is 0.130. The molecule has 3 aromatic rings. The van der Waals surface area contributed by atoms with Gasteiger partial charge in [0, 0.05) is 6.20 Å². The predicted molar refractivity (Wildman–Crippen MR) is 115 cm³/mol. The number of allylic oxidation sites excluding steroid dienone is 1. The molecule has 0 atom stereocenters. The van der Waals surface area contributed by atoms with Gasteiger partial charge < -0.3 is 8.92 Å². The molecule has 10 heteroatoms. The number of aryl methyl sites for hydroxylation is 1. The maximum Gasteiger partial charge on any atom is 0.417 e. The van der Waals surface area contributed by atoms with Gasteiger partial charge in [-0.1, -0.05) is 23.8 Å². The van der Waals surface area contributed by atoms with Crippen molar-refractivity contribution in [1.82, 2.24) is 4.98 Å². The zero-order valence-electron chi connectivity index (χ0n) is 17.4. The van der Waals surface area contributed by atoms with Crippen molar-refractivity contribution in [3.8, 4) is 17.6 Å². The van der Waals surface area contributed by atoms with Gasteiger partial charge in [-0.3, -0.25) is 4.98 Å². The minimum Gasteiger partial charge on any atom is -0.493 e. The van der Waals surface area contributed by atoms with Gasteiger partial charge in [0.1, 0.15) is 11.0 Å². The highest BCUT2D eigenvalue weighted by atomic mass is 32.2. The second kappa shape index (κ2) is 9.34. The van der Waals surface area contributed by atoms with Gasteiger partial charge in [0.2, 0.25) is 0 Å². The van der Waals surface area contributed by atoms with Crippen molar-refractivity contribution in [3.05, 3.63) is 83.2 Å². The van der Waals surface area contributed by atoms with Crippen LogP contribution < -0.4 is 8.92 Å². The number of hydrogen-bond acceptors (Lipinski definition) is 6. The zero-order chi connectivity index (χ0) is 24.2. The van der Waals surface area contributed by atoms with Gasteiger partial charge in [0.25, 0.3) is 0 Å². The lowest BCUT2D eigenvalue weighted by atomic mass is 10.1. The van der Waals surface area contributed by atoms with Gasteiger partial charge in [-0.2, -0.15) is 26.9 Å². The van der Waals surface area contributed by atoms with E-state index >= 15 is 0 Å². The van der Waals surface area contributed by atoms with E-state index in [2.05, 4.69) is 4.98 Å². The lowest BCUT2D eigenvalue weighted by Gasteiger charge is -2.12. The fourth-order valence-electron chi connectivity index (χ4n) is 2.77. The molecule has 0 radical (unpaired) electrons. The summed E-state index contributed by atoms with van der Waals surface area (Å²) in [5, 5.41) is 9.43. The Morgan fingerprint density at radius 3 is 2.30 bits per heavy atom. The van der Waals surface area contributed by atoms with Crippen LogP contribution in [0.3, 0.4) is 0 Å². The van der Waals surface area contributed by atoms with Crippen LogP contribution in [-0.2, 0) is 16.3 Å². The van der Waals surface area contributed by atoms with Crippen molar-refractivity contribution in [3.63, 3.8) is 0 Å². The smallest absolute Gasteiger partial charge is 0.417 e. The minimum absolute atomic E-state index is 0.00622. The maximum atomic E-state index is 12.7. The van der Waals surface area contributed by atoms with E-state index in [1.54, 1.807) is 12.1 Å². The zero-order valence-corrected chi connectivity index (χ0v) is 18.2. The van der Waals surface area contributed by atoms with Crippen molar-refractivity contribution in [2.24, 2.45) is 0 Å². The van der Waals surface area contributed by atoms with E-state index in [-0.39, 0.29) is 27.7 Å². The first-order valence-corrected chi connectivity index (χ1v) is 10.8. The summed E-state index contributed by atoms with van der Waals surface area (Å²) in [6.45, 7) is 1.82. The lowest BCUT2D eigenvalue weighted by molar-refractivity contribution is -0.137. The van der Waals surface area contributed by atoms with E-state index in [0.29, 0.717) is 11.8 Å². The number of methoxy groups -OCH3 is 1. The Hall–Kier alpha value is -3.84. The molecule has 3 rings (SSSR count). The minimum atomic E-state index is -4.54. The summed E-state index contributed by atoms with van der Waals surface area (Å²) in [4.78, 5) is 3.69. The molecule has 0 bridgehead atoms. The Labute approximate surface area is 188 Å². The topological polar surface area (TPSA) is 89.3 Å². The second-order valence-electron chi connectivity index (χ2n) is 6.86. The van der Waals surface area contributed by atoms with Gasteiger partial charge in [-0.25, -0.2) is 0 Å². The molecule has 0 aliphatic rings. The van der Waals surface area contributed by atoms with Gasteiger partial charge in [-0.05, 0) is 55.0 Å². The first-order chi connectivity index (χ1) is 15.5. The molecule has 33 heavy (non-hydrogen) atoms. The summed E-state index contributed by atoms with van der Waals surface area (Å²) in [6.07, 6.45) is -2.51. The first-order valence-electron chi connectivity index (χ1n) is 9.38. The van der Waals surface area contributed by atoms with Crippen LogP contribution in [0.4, 0.5) is 13.2 Å². The summed E-state index contributed by atoms with van der Waals surface area (Å²) in [7, 11) is -2.80. The molecule has 0 fully saturated rings. The van der Waals surface area contributed by atoms with Crippen LogP contribution in [0.2, 0.25) is 0 Å². The molecule has 0 aliphatic heterocycles. The Morgan fingerprint density at radius 2 is 1.76 bits per heavy atom. The van der Waals surface area contributed by atoms with Crippen molar-refractivity contribution >= 4 is 21.8 Å². The number of benzene rings is 2. The van der Waals surface area contributed by atoms with E-state index < -0.39 is 21.9 Å².